The van der Waals surface area contributed by atoms with Gasteiger partial charge in [-0.25, -0.2) is 0 Å². The summed E-state index contributed by atoms with van der Waals surface area (Å²) >= 11 is 0. The summed E-state index contributed by atoms with van der Waals surface area (Å²) in [5, 5.41) is 14.4. The molecule has 32 heavy (non-hydrogen) atoms. The molecule has 5 nitrogen and oxygen atoms in total. The molecule has 0 fully saturated rings. The minimum atomic E-state index is 0.535. The molecule has 2 N–H and O–H groups in total. The zero-order valence-electron chi connectivity index (χ0n) is 18.1. The number of pyridine rings is 1. The maximum atomic E-state index is 9.68. The van der Waals surface area contributed by atoms with E-state index in [1.54, 1.807) is 6.20 Å². The second-order valence-corrected chi connectivity index (χ2v) is 8.22. The Balaban J connectivity index is 1.38. The van der Waals surface area contributed by atoms with Gasteiger partial charge in [0.15, 0.2) is 0 Å². The van der Waals surface area contributed by atoms with Gasteiger partial charge in [0.05, 0.1) is 11.3 Å². The summed E-state index contributed by atoms with van der Waals surface area (Å²) < 4.78 is 0. The van der Waals surface area contributed by atoms with Gasteiger partial charge in [0, 0.05) is 60.4 Å². The van der Waals surface area contributed by atoms with Crippen LogP contribution >= 0.6 is 0 Å². The molecule has 0 radical (unpaired) electrons. The third kappa shape index (κ3) is 3.89. The fourth-order valence-corrected chi connectivity index (χ4v) is 4.42. The smallest absolute Gasteiger partial charge is 0.103 e. The van der Waals surface area contributed by atoms with Crippen molar-refractivity contribution in [2.75, 3.05) is 18.4 Å². The zero-order chi connectivity index (χ0) is 21.9. The van der Waals surface area contributed by atoms with E-state index in [1.807, 2.05) is 12.4 Å². The van der Waals surface area contributed by atoms with Gasteiger partial charge in [0.2, 0.25) is 0 Å². The summed E-state index contributed by atoms with van der Waals surface area (Å²) in [5.41, 5.74) is 8.35. The van der Waals surface area contributed by atoms with Crippen LogP contribution in [-0.4, -0.2) is 28.0 Å². The summed E-state index contributed by atoms with van der Waals surface area (Å²) in [6.45, 7) is 4.98. The Bertz CT molecular complexity index is 1340. The second kappa shape index (κ2) is 8.70. The Morgan fingerprint density at radius 3 is 2.91 bits per heavy atom. The highest BCUT2D eigenvalue weighted by molar-refractivity contribution is 5.89. The van der Waals surface area contributed by atoms with E-state index < -0.39 is 0 Å². The quantitative estimate of drug-likeness (QED) is 0.444. The third-order valence-electron chi connectivity index (χ3n) is 6.23. The SMILES string of the molecule is Cc1c(Nc2c(C#N)cncc2C=CCN2CCc3ccccc3C2)ccc2[nH]ccc12. The molecular formula is C27H25N5. The van der Waals surface area contributed by atoms with Gasteiger partial charge in [-0.05, 0) is 48.2 Å². The van der Waals surface area contributed by atoms with Crippen molar-refractivity contribution in [1.29, 1.82) is 5.26 Å². The second-order valence-electron chi connectivity index (χ2n) is 8.22. The molecule has 0 aliphatic carbocycles. The summed E-state index contributed by atoms with van der Waals surface area (Å²) in [5.74, 6) is 0. The van der Waals surface area contributed by atoms with Crippen LogP contribution < -0.4 is 5.32 Å². The molecular weight excluding hydrogens is 394 g/mol. The Kier molecular flexibility index (Phi) is 5.45. The number of H-pyrrole nitrogens is 1. The van der Waals surface area contributed by atoms with Crippen molar-refractivity contribution in [3.05, 3.63) is 94.9 Å². The van der Waals surface area contributed by atoms with Crippen LogP contribution in [0.1, 0.15) is 27.8 Å². The van der Waals surface area contributed by atoms with Gasteiger partial charge in [-0.15, -0.1) is 0 Å². The molecule has 0 amide bonds. The van der Waals surface area contributed by atoms with Crippen molar-refractivity contribution in [3.63, 3.8) is 0 Å². The van der Waals surface area contributed by atoms with Gasteiger partial charge in [-0.3, -0.25) is 9.88 Å². The first-order chi connectivity index (χ1) is 15.7. The van der Waals surface area contributed by atoms with Gasteiger partial charge in [-0.2, -0.15) is 5.26 Å². The van der Waals surface area contributed by atoms with Crippen molar-refractivity contribution in [3.8, 4) is 6.07 Å². The molecule has 2 aromatic carbocycles. The van der Waals surface area contributed by atoms with Crippen molar-refractivity contribution in [2.24, 2.45) is 0 Å². The standard InChI is InChI=1S/C27H25N5/c1-19-24-10-12-30-26(24)9-8-25(19)31-27-21(16-29-17-23(27)15-28)7-4-13-32-14-11-20-5-2-3-6-22(20)18-32/h2-10,12,16-17,30H,11,13-14,18H2,1H3,(H,29,31). The molecule has 1 aliphatic rings. The van der Waals surface area contributed by atoms with E-state index in [2.05, 4.69) is 87.8 Å². The number of aromatic amines is 1. The predicted octanol–water partition coefficient (Wildman–Crippen LogP) is 5.56. The number of hydrogen-bond acceptors (Lipinski definition) is 4. The number of rotatable bonds is 5. The highest BCUT2D eigenvalue weighted by Gasteiger charge is 2.15. The van der Waals surface area contributed by atoms with E-state index in [0.717, 1.165) is 54.1 Å². The Morgan fingerprint density at radius 2 is 2.03 bits per heavy atom. The number of benzene rings is 2. The van der Waals surface area contributed by atoms with E-state index in [0.29, 0.717) is 5.56 Å². The van der Waals surface area contributed by atoms with Gasteiger partial charge in [-0.1, -0.05) is 36.4 Å². The van der Waals surface area contributed by atoms with E-state index in [1.165, 1.54) is 16.5 Å². The largest absolute Gasteiger partial charge is 0.361 e. The zero-order valence-corrected chi connectivity index (χ0v) is 18.1. The summed E-state index contributed by atoms with van der Waals surface area (Å²) in [6, 6.07) is 17.1. The van der Waals surface area contributed by atoms with Crippen LogP contribution in [0.25, 0.3) is 17.0 Å². The summed E-state index contributed by atoms with van der Waals surface area (Å²) in [4.78, 5) is 9.97. The van der Waals surface area contributed by atoms with Crippen LogP contribution in [0, 0.1) is 18.3 Å². The molecule has 5 heteroatoms. The van der Waals surface area contributed by atoms with E-state index in [9.17, 15) is 5.26 Å². The number of nitriles is 1. The van der Waals surface area contributed by atoms with Gasteiger partial charge in [0.25, 0.3) is 0 Å². The fraction of sp³-hybridized carbons (Fsp3) is 0.185. The number of hydrogen-bond donors (Lipinski definition) is 2. The number of nitrogens with zero attached hydrogens (tertiary/aromatic N) is 3. The van der Waals surface area contributed by atoms with Crippen LogP contribution in [0.3, 0.4) is 0 Å². The number of aryl methyl sites for hydroxylation is 1. The van der Waals surface area contributed by atoms with Gasteiger partial charge in [0.1, 0.15) is 6.07 Å². The fourth-order valence-electron chi connectivity index (χ4n) is 4.42. The van der Waals surface area contributed by atoms with Crippen molar-refractivity contribution < 1.29 is 0 Å². The number of aromatic nitrogens is 2. The van der Waals surface area contributed by atoms with Crippen molar-refractivity contribution >= 4 is 28.4 Å². The molecule has 4 aromatic rings. The third-order valence-corrected chi connectivity index (χ3v) is 6.23. The lowest BCUT2D eigenvalue weighted by atomic mass is 10.00. The normalized spacial score (nSPS) is 13.9. The maximum absolute atomic E-state index is 9.68. The Hall–Kier alpha value is -3.88. The minimum absolute atomic E-state index is 0.535. The Labute approximate surface area is 188 Å². The van der Waals surface area contributed by atoms with E-state index in [4.69, 9.17) is 0 Å². The predicted molar refractivity (Wildman–Crippen MR) is 130 cm³/mol. The monoisotopic (exact) mass is 419 g/mol. The molecule has 0 spiro atoms. The maximum Gasteiger partial charge on any atom is 0.103 e. The molecule has 0 unspecified atom stereocenters. The lowest BCUT2D eigenvalue weighted by molar-refractivity contribution is 0.282. The lowest BCUT2D eigenvalue weighted by Gasteiger charge is -2.27. The first-order valence-electron chi connectivity index (χ1n) is 10.9. The minimum Gasteiger partial charge on any atom is -0.361 e. The summed E-state index contributed by atoms with van der Waals surface area (Å²) in [7, 11) is 0. The molecule has 1 aliphatic heterocycles. The molecule has 0 saturated heterocycles. The van der Waals surface area contributed by atoms with Gasteiger partial charge >= 0.3 is 0 Å². The molecule has 2 aromatic heterocycles. The average molecular weight is 420 g/mol. The van der Waals surface area contributed by atoms with E-state index >= 15 is 0 Å². The molecule has 0 bridgehead atoms. The van der Waals surface area contributed by atoms with Crippen LogP contribution in [0.15, 0.2) is 67.1 Å². The first kappa shape index (κ1) is 20.0. The van der Waals surface area contributed by atoms with Crippen LogP contribution in [-0.2, 0) is 13.0 Å². The van der Waals surface area contributed by atoms with Crippen molar-refractivity contribution in [1.82, 2.24) is 14.9 Å². The van der Waals surface area contributed by atoms with Crippen LogP contribution in [0.2, 0.25) is 0 Å². The summed E-state index contributed by atoms with van der Waals surface area (Å²) in [6.07, 6.45) is 10.7. The van der Waals surface area contributed by atoms with Crippen LogP contribution in [0.5, 0.6) is 0 Å². The van der Waals surface area contributed by atoms with Crippen molar-refractivity contribution in [2.45, 2.75) is 19.9 Å². The Morgan fingerprint density at radius 1 is 1.16 bits per heavy atom. The molecule has 5 rings (SSSR count). The number of nitrogens with one attached hydrogen (secondary N) is 2. The molecule has 158 valence electrons. The first-order valence-corrected chi connectivity index (χ1v) is 10.9. The van der Waals surface area contributed by atoms with Gasteiger partial charge < -0.3 is 10.3 Å². The highest BCUT2D eigenvalue weighted by Crippen LogP contribution is 2.31. The molecule has 0 atom stereocenters. The average Bonchev–Trinajstić information content (AvgIpc) is 3.31. The number of anilines is 2. The highest BCUT2D eigenvalue weighted by atomic mass is 15.1. The lowest BCUT2D eigenvalue weighted by Crippen LogP contribution is -2.30. The molecule has 0 saturated carbocycles. The van der Waals surface area contributed by atoms with Crippen LogP contribution in [0.4, 0.5) is 11.4 Å². The molecule has 3 heterocycles. The topological polar surface area (TPSA) is 67.7 Å². The number of fused-ring (bicyclic) bond motifs is 2. The van der Waals surface area contributed by atoms with E-state index in [-0.39, 0.29) is 0 Å².